The number of likely N-dealkylation sites (N-methyl/N-ethyl adjacent to an activating group) is 1. The van der Waals surface area contributed by atoms with Crippen molar-refractivity contribution in [2.45, 2.75) is 25.2 Å². The molecule has 0 N–H and O–H groups in total. The number of aliphatic imine (C=N–C) groups is 1. The van der Waals surface area contributed by atoms with Crippen LogP contribution in [0.15, 0.2) is 71.7 Å². The van der Waals surface area contributed by atoms with Gasteiger partial charge in [-0.3, -0.25) is 14.7 Å². The second-order valence-corrected chi connectivity index (χ2v) is 12.2. The molecule has 2 aliphatic heterocycles. The van der Waals surface area contributed by atoms with Crippen LogP contribution in [0.4, 0.5) is 18.0 Å². The lowest BCUT2D eigenvalue weighted by Gasteiger charge is -2.39. The van der Waals surface area contributed by atoms with Crippen molar-refractivity contribution in [3.05, 3.63) is 99.0 Å². The fourth-order valence-electron chi connectivity index (χ4n) is 5.68. The van der Waals surface area contributed by atoms with E-state index >= 15 is 0 Å². The zero-order valence-electron chi connectivity index (χ0n) is 25.6. The number of alkyl halides is 3. The number of benzene rings is 3. The van der Waals surface area contributed by atoms with Crippen molar-refractivity contribution in [1.29, 1.82) is 0 Å². The predicted octanol–water partition coefficient (Wildman–Crippen LogP) is 6.78. The van der Waals surface area contributed by atoms with Gasteiger partial charge in [-0.15, -0.1) is 0 Å². The first kappa shape index (κ1) is 33.6. The van der Waals surface area contributed by atoms with Gasteiger partial charge < -0.3 is 19.4 Å². The quantitative estimate of drug-likeness (QED) is 0.277. The second kappa shape index (κ2) is 13.9. The van der Waals surface area contributed by atoms with Gasteiger partial charge in [0.25, 0.3) is 0 Å². The molecular formula is C33H34Cl2F3N5O3. The van der Waals surface area contributed by atoms with Gasteiger partial charge in [0.05, 0.1) is 30.3 Å². The monoisotopic (exact) mass is 675 g/mol. The third-order valence-corrected chi connectivity index (χ3v) is 8.40. The van der Waals surface area contributed by atoms with E-state index in [0.29, 0.717) is 23.1 Å². The van der Waals surface area contributed by atoms with E-state index in [0.717, 1.165) is 23.3 Å². The van der Waals surface area contributed by atoms with E-state index in [1.54, 1.807) is 45.9 Å². The van der Waals surface area contributed by atoms with Crippen LogP contribution in [-0.4, -0.2) is 90.8 Å². The highest BCUT2D eigenvalue weighted by molar-refractivity contribution is 6.30. The van der Waals surface area contributed by atoms with Gasteiger partial charge in [0.1, 0.15) is 17.6 Å². The zero-order chi connectivity index (χ0) is 33.2. The first-order valence-corrected chi connectivity index (χ1v) is 15.6. The minimum absolute atomic E-state index is 0.0338. The first-order chi connectivity index (χ1) is 21.9. The molecule has 5 rings (SSSR count). The molecule has 2 heterocycles. The van der Waals surface area contributed by atoms with Crippen molar-refractivity contribution in [2.24, 2.45) is 4.99 Å². The Morgan fingerprint density at radius 2 is 1.46 bits per heavy atom. The molecule has 1 saturated heterocycles. The number of carbonyl (C=O) groups is 2. The third-order valence-electron chi connectivity index (χ3n) is 7.90. The van der Waals surface area contributed by atoms with Crippen LogP contribution in [0.25, 0.3) is 0 Å². The molecule has 0 aliphatic carbocycles. The van der Waals surface area contributed by atoms with Gasteiger partial charge in [-0.2, -0.15) is 13.2 Å². The Morgan fingerprint density at radius 3 is 2.00 bits per heavy atom. The highest BCUT2D eigenvalue weighted by Crippen LogP contribution is 2.46. The maximum atomic E-state index is 14.6. The fraction of sp³-hybridized carbons (Fsp3) is 0.364. The Balaban J connectivity index is 1.61. The van der Waals surface area contributed by atoms with Crippen LogP contribution in [0.2, 0.25) is 10.0 Å². The molecular weight excluding hydrogens is 642 g/mol. The zero-order valence-corrected chi connectivity index (χ0v) is 27.1. The maximum Gasteiger partial charge on any atom is 0.416 e. The number of urea groups is 1. The fourth-order valence-corrected chi connectivity index (χ4v) is 5.93. The van der Waals surface area contributed by atoms with Crippen LogP contribution in [-0.2, 0) is 11.0 Å². The lowest BCUT2D eigenvalue weighted by atomic mass is 9.93. The standard InChI is InChI=1S/C33H34Cl2F3N5O3/c1-4-46-27-19-23(33(36,37)38)9-14-26(27)31-39-29(21-5-10-24(34)11-6-21)30(22-7-12-25(35)13-8-22)43(31)32(45)42-17-15-41(16-18-42)28(44)20-40(2)3/h5-14,19,29-30H,4,15-18,20H2,1-3H3. The smallest absolute Gasteiger partial charge is 0.416 e. The molecule has 8 nitrogen and oxygen atoms in total. The molecule has 0 spiro atoms. The highest BCUT2D eigenvalue weighted by Gasteiger charge is 2.45. The third kappa shape index (κ3) is 7.27. The molecule has 0 saturated carbocycles. The minimum Gasteiger partial charge on any atom is -0.493 e. The number of nitrogens with zero attached hydrogens (tertiary/aromatic N) is 5. The van der Waals surface area contributed by atoms with Crippen LogP contribution in [0.5, 0.6) is 5.75 Å². The first-order valence-electron chi connectivity index (χ1n) is 14.8. The number of piperazine rings is 1. The minimum atomic E-state index is -4.60. The molecule has 13 heteroatoms. The van der Waals surface area contributed by atoms with Crippen LogP contribution in [0, 0.1) is 0 Å². The Labute approximate surface area is 275 Å². The van der Waals surface area contributed by atoms with Crippen molar-refractivity contribution in [3.8, 4) is 5.75 Å². The summed E-state index contributed by atoms with van der Waals surface area (Å²) in [4.78, 5) is 39.0. The van der Waals surface area contributed by atoms with E-state index in [2.05, 4.69) is 0 Å². The molecule has 46 heavy (non-hydrogen) atoms. The lowest BCUT2D eigenvalue weighted by Crippen LogP contribution is -2.56. The summed E-state index contributed by atoms with van der Waals surface area (Å²) < 4.78 is 47.0. The van der Waals surface area contributed by atoms with Crippen LogP contribution >= 0.6 is 23.2 Å². The van der Waals surface area contributed by atoms with Gasteiger partial charge in [0, 0.05) is 36.2 Å². The lowest BCUT2D eigenvalue weighted by molar-refractivity contribution is -0.137. The summed E-state index contributed by atoms with van der Waals surface area (Å²) in [6.45, 7) is 3.25. The average Bonchev–Trinajstić information content (AvgIpc) is 3.41. The van der Waals surface area contributed by atoms with Crippen molar-refractivity contribution in [1.82, 2.24) is 19.6 Å². The Bertz CT molecular complexity index is 1590. The van der Waals surface area contributed by atoms with Crippen molar-refractivity contribution in [2.75, 3.05) is 53.4 Å². The van der Waals surface area contributed by atoms with Gasteiger partial charge in [-0.05, 0) is 74.6 Å². The normalized spacial score (nSPS) is 18.6. The summed E-state index contributed by atoms with van der Waals surface area (Å²) in [5.74, 6) is 0.0984. The number of amides is 3. The summed E-state index contributed by atoms with van der Waals surface area (Å²) >= 11 is 12.4. The summed E-state index contributed by atoms with van der Waals surface area (Å²) in [5, 5.41) is 1.02. The SMILES string of the molecule is CCOc1cc(C(F)(F)F)ccc1C1=NC(c2ccc(Cl)cc2)C(c2ccc(Cl)cc2)N1C(=O)N1CCN(C(=O)CN(C)C)CC1. The van der Waals surface area contributed by atoms with Crippen LogP contribution in [0.1, 0.15) is 41.3 Å². The van der Waals surface area contributed by atoms with Gasteiger partial charge >= 0.3 is 12.2 Å². The van der Waals surface area contributed by atoms with E-state index in [1.165, 1.54) is 11.0 Å². The summed E-state index contributed by atoms with van der Waals surface area (Å²) in [5.41, 5.74) is 0.846. The van der Waals surface area contributed by atoms with E-state index < -0.39 is 29.9 Å². The summed E-state index contributed by atoms with van der Waals surface area (Å²) in [6.07, 6.45) is -4.60. The molecule has 2 unspecified atom stereocenters. The number of halogens is 5. The Hall–Kier alpha value is -3.80. The molecule has 2 atom stereocenters. The van der Waals surface area contributed by atoms with Gasteiger partial charge in [-0.1, -0.05) is 47.5 Å². The number of ether oxygens (including phenoxy) is 1. The number of carbonyl (C=O) groups excluding carboxylic acids is 2. The van der Waals surface area contributed by atoms with Gasteiger partial charge in [0.15, 0.2) is 0 Å². The van der Waals surface area contributed by atoms with E-state index in [1.807, 2.05) is 38.4 Å². The molecule has 0 bridgehead atoms. The van der Waals surface area contributed by atoms with Crippen LogP contribution in [0.3, 0.4) is 0 Å². The number of rotatable bonds is 7. The number of hydrogen-bond acceptors (Lipinski definition) is 5. The van der Waals surface area contributed by atoms with Gasteiger partial charge in [-0.25, -0.2) is 4.79 Å². The van der Waals surface area contributed by atoms with E-state index in [9.17, 15) is 22.8 Å². The molecule has 0 radical (unpaired) electrons. The van der Waals surface area contributed by atoms with Crippen molar-refractivity contribution in [3.63, 3.8) is 0 Å². The largest absolute Gasteiger partial charge is 0.493 e. The van der Waals surface area contributed by atoms with Crippen LogP contribution < -0.4 is 4.74 Å². The topological polar surface area (TPSA) is 68.7 Å². The maximum absolute atomic E-state index is 14.6. The molecule has 3 aromatic carbocycles. The molecule has 0 aromatic heterocycles. The Morgan fingerprint density at radius 1 is 0.891 bits per heavy atom. The Kier molecular flexibility index (Phi) is 10.1. The average molecular weight is 677 g/mol. The molecule has 2 aliphatic rings. The molecule has 1 fully saturated rings. The highest BCUT2D eigenvalue weighted by atomic mass is 35.5. The second-order valence-electron chi connectivity index (χ2n) is 11.3. The molecule has 244 valence electrons. The number of amidine groups is 1. The molecule has 3 amide bonds. The van der Waals surface area contributed by atoms with Gasteiger partial charge in [0.2, 0.25) is 5.91 Å². The van der Waals surface area contributed by atoms with Crippen molar-refractivity contribution >= 4 is 41.0 Å². The van der Waals surface area contributed by atoms with E-state index in [4.69, 9.17) is 32.9 Å². The molecule has 3 aromatic rings. The van der Waals surface area contributed by atoms with E-state index in [-0.39, 0.29) is 49.3 Å². The summed E-state index contributed by atoms with van der Waals surface area (Å²) in [6, 6.07) is 15.6. The summed E-state index contributed by atoms with van der Waals surface area (Å²) in [7, 11) is 3.63. The van der Waals surface area contributed by atoms with Crippen molar-refractivity contribution < 1.29 is 27.5 Å². The predicted molar refractivity (Wildman–Crippen MR) is 171 cm³/mol. The number of hydrogen-bond donors (Lipinski definition) is 0.